The maximum absolute atomic E-state index is 11.2. The van der Waals surface area contributed by atoms with E-state index < -0.39 is 10.4 Å². The van der Waals surface area contributed by atoms with Crippen LogP contribution in [0.4, 0.5) is 0 Å². The molecule has 0 aliphatic heterocycles. The summed E-state index contributed by atoms with van der Waals surface area (Å²) in [6.45, 7) is 1.58. The van der Waals surface area contributed by atoms with E-state index in [0.717, 1.165) is 16.0 Å². The van der Waals surface area contributed by atoms with Crippen molar-refractivity contribution < 1.29 is 21.6 Å². The molecule has 2 heterocycles. The van der Waals surface area contributed by atoms with E-state index in [4.69, 9.17) is 0 Å². The molecule has 7 nitrogen and oxygen atoms in total. The van der Waals surface area contributed by atoms with Gasteiger partial charge in [0.15, 0.2) is 0 Å². The lowest BCUT2D eigenvalue weighted by molar-refractivity contribution is -0.857. The predicted molar refractivity (Wildman–Crippen MR) is 62.7 cm³/mol. The van der Waals surface area contributed by atoms with E-state index >= 15 is 0 Å². The molecule has 9 heteroatoms. The summed E-state index contributed by atoms with van der Waals surface area (Å²) in [6.07, 6.45) is 2.90. The van der Waals surface area contributed by atoms with E-state index in [0.29, 0.717) is 0 Å². The first-order valence-electron chi connectivity index (χ1n) is 4.99. The van der Waals surface area contributed by atoms with Crippen molar-refractivity contribution in [3.63, 3.8) is 0 Å². The zero-order valence-corrected chi connectivity index (χ0v) is 11.0. The van der Waals surface area contributed by atoms with Gasteiger partial charge in [-0.3, -0.25) is 0 Å². The molecule has 0 aliphatic carbocycles. The highest BCUT2D eigenvalue weighted by atomic mass is 32.3. The minimum Gasteiger partial charge on any atom is -0.235 e. The van der Waals surface area contributed by atoms with Crippen LogP contribution in [0, 0.1) is 0 Å². The predicted octanol–water partition coefficient (Wildman–Crippen LogP) is 0.203. The Bertz CT molecular complexity index is 595. The fourth-order valence-electron chi connectivity index (χ4n) is 1.19. The van der Waals surface area contributed by atoms with Crippen molar-refractivity contribution in [2.45, 2.75) is 6.92 Å². The summed E-state index contributed by atoms with van der Waals surface area (Å²) in [5, 5.41) is 5.68. The number of nitrogens with zero attached hydrogens (tertiary/aromatic N) is 3. The average Bonchev–Trinajstić information content (AvgIpc) is 2.82. The molecule has 0 N–H and O–H groups in total. The lowest BCUT2D eigenvalue weighted by atomic mass is 10.2. The van der Waals surface area contributed by atoms with Crippen molar-refractivity contribution in [2.24, 2.45) is 0 Å². The largest absolute Gasteiger partial charge is 0.502 e. The number of hydrogen-bond acceptors (Lipinski definition) is 7. The maximum atomic E-state index is 11.2. The Kier molecular flexibility index (Phi) is 3.84. The third kappa shape index (κ3) is 3.22. The van der Waals surface area contributed by atoms with Crippen LogP contribution in [0.5, 0.6) is 0 Å². The second kappa shape index (κ2) is 5.38. The summed E-state index contributed by atoms with van der Waals surface area (Å²) < 4.78 is 36.3. The van der Waals surface area contributed by atoms with Gasteiger partial charge in [0.2, 0.25) is 12.4 Å². The number of rotatable bonds is 5. The second-order valence-corrected chi connectivity index (χ2v) is 4.94. The van der Waals surface area contributed by atoms with Crippen molar-refractivity contribution in [3.05, 3.63) is 29.9 Å². The molecular weight excluding hydrogens is 278 g/mol. The number of hydrogen-bond donors (Lipinski definition) is 0. The van der Waals surface area contributed by atoms with Gasteiger partial charge in [-0.25, -0.2) is 4.18 Å². The van der Waals surface area contributed by atoms with Crippen molar-refractivity contribution >= 4 is 21.9 Å². The van der Waals surface area contributed by atoms with Crippen molar-refractivity contribution in [1.29, 1.82) is 0 Å². The van der Waals surface area contributed by atoms with Gasteiger partial charge in [0.05, 0.1) is 6.61 Å². The molecule has 0 aliphatic rings. The molecule has 0 bridgehead atoms. The van der Waals surface area contributed by atoms with Crippen LogP contribution >= 0.6 is 11.5 Å². The molecule has 0 spiro atoms. The van der Waals surface area contributed by atoms with Crippen LogP contribution in [0.1, 0.15) is 6.92 Å². The Morgan fingerprint density at radius 3 is 2.67 bits per heavy atom. The topological polar surface area (TPSA) is 82.3 Å². The molecule has 0 fully saturated rings. The Balaban J connectivity index is 2.14. The van der Waals surface area contributed by atoms with Crippen LogP contribution in [0.25, 0.3) is 11.3 Å². The van der Waals surface area contributed by atoms with Gasteiger partial charge >= 0.3 is 10.4 Å². The molecule has 0 saturated heterocycles. The Labute approximate surface area is 108 Å². The lowest BCUT2D eigenvalue weighted by Crippen LogP contribution is -2.45. The highest BCUT2D eigenvalue weighted by Crippen LogP contribution is 2.14. The normalized spacial score (nSPS) is 11.4. The van der Waals surface area contributed by atoms with Gasteiger partial charge < -0.3 is 0 Å². The van der Waals surface area contributed by atoms with Crippen LogP contribution in [-0.4, -0.2) is 24.6 Å². The molecule has 0 atom stereocenters. The van der Waals surface area contributed by atoms with Gasteiger partial charge in [0, 0.05) is 27.8 Å². The number of aromatic nitrogens is 3. The highest BCUT2D eigenvalue weighted by molar-refractivity contribution is 7.81. The Morgan fingerprint density at radius 2 is 2.11 bits per heavy atom. The zero-order valence-electron chi connectivity index (χ0n) is 9.38. The average molecular weight is 288 g/mol. The monoisotopic (exact) mass is 288 g/mol. The summed E-state index contributed by atoms with van der Waals surface area (Å²) in [4.78, 5) is 0. The highest BCUT2D eigenvalue weighted by Gasteiger charge is 2.18. The van der Waals surface area contributed by atoms with E-state index in [9.17, 15) is 8.42 Å². The molecular formula is C9H10N3O4S2+. The molecule has 0 amide bonds. The van der Waals surface area contributed by atoms with Crippen molar-refractivity contribution in [2.75, 3.05) is 6.61 Å². The smallest absolute Gasteiger partial charge is 0.235 e. The molecule has 0 unspecified atom stereocenters. The minimum absolute atomic E-state index is 0.0193. The summed E-state index contributed by atoms with van der Waals surface area (Å²) in [5.41, 5.74) is 1.54. The number of pyridine rings is 1. The van der Waals surface area contributed by atoms with Crippen LogP contribution in [0.3, 0.4) is 0 Å². The lowest BCUT2D eigenvalue weighted by Gasteiger charge is -1.98. The van der Waals surface area contributed by atoms with Gasteiger partial charge in [-0.05, 0) is 18.5 Å². The summed E-state index contributed by atoms with van der Waals surface area (Å²) in [5.74, 6) is 0. The quantitative estimate of drug-likeness (QED) is 0.731. The molecule has 0 saturated carbocycles. The molecule has 18 heavy (non-hydrogen) atoms. The summed E-state index contributed by atoms with van der Waals surface area (Å²) >= 11 is 1.24. The first-order chi connectivity index (χ1) is 8.61. The van der Waals surface area contributed by atoms with Crippen LogP contribution in [0.15, 0.2) is 29.9 Å². The Morgan fingerprint density at radius 1 is 1.39 bits per heavy atom. The van der Waals surface area contributed by atoms with Crippen LogP contribution in [-0.2, 0) is 14.6 Å². The van der Waals surface area contributed by atoms with Crippen molar-refractivity contribution in [1.82, 2.24) is 9.59 Å². The van der Waals surface area contributed by atoms with E-state index in [1.54, 1.807) is 24.4 Å². The molecule has 0 radical (unpaired) electrons. The van der Waals surface area contributed by atoms with Gasteiger partial charge in [-0.2, -0.15) is 8.42 Å². The fourth-order valence-corrected chi connectivity index (χ4v) is 2.30. The van der Waals surface area contributed by atoms with E-state index in [-0.39, 0.29) is 6.61 Å². The van der Waals surface area contributed by atoms with E-state index in [1.165, 1.54) is 23.9 Å². The minimum atomic E-state index is -4.01. The van der Waals surface area contributed by atoms with E-state index in [1.807, 2.05) is 0 Å². The molecule has 0 aromatic carbocycles. The van der Waals surface area contributed by atoms with Gasteiger partial charge in [-0.1, -0.05) is 4.49 Å². The Hall–Kier alpha value is -1.58. The maximum Gasteiger partial charge on any atom is 0.502 e. The first kappa shape index (κ1) is 12.9. The molecule has 2 rings (SSSR count). The summed E-state index contributed by atoms with van der Waals surface area (Å²) in [7, 11) is -4.01. The SMILES string of the molecule is CCOS(=O)(=O)O[n+]1ccc(-c2csnn2)cc1. The third-order valence-electron chi connectivity index (χ3n) is 1.90. The molecule has 2 aromatic heterocycles. The first-order valence-corrected chi connectivity index (χ1v) is 7.16. The standard InChI is InChI=1S/C9H10N3O4S2/c1-2-15-18(13,14)16-12-5-3-8(4-6-12)9-7-17-11-10-9/h3-7H,2H2,1H3/q+1. The summed E-state index contributed by atoms with van der Waals surface area (Å²) in [6, 6.07) is 3.33. The zero-order chi connectivity index (χ0) is 13.0. The van der Waals surface area contributed by atoms with Crippen LogP contribution < -0.4 is 9.01 Å². The van der Waals surface area contributed by atoms with Crippen LogP contribution in [0.2, 0.25) is 0 Å². The second-order valence-electron chi connectivity index (χ2n) is 3.13. The molecule has 96 valence electrons. The fraction of sp³-hybridized carbons (Fsp3) is 0.222. The van der Waals surface area contributed by atoms with Gasteiger partial charge in [-0.15, -0.1) is 9.38 Å². The van der Waals surface area contributed by atoms with Crippen molar-refractivity contribution in [3.8, 4) is 11.3 Å². The third-order valence-corrected chi connectivity index (χ3v) is 3.28. The molecule has 2 aromatic rings. The van der Waals surface area contributed by atoms with Gasteiger partial charge in [0.25, 0.3) is 0 Å². The van der Waals surface area contributed by atoms with E-state index in [2.05, 4.69) is 18.1 Å². The van der Waals surface area contributed by atoms with Gasteiger partial charge in [0.1, 0.15) is 5.69 Å².